The third-order valence-electron chi connectivity index (χ3n) is 6.78. The molecule has 2 aliphatic heterocycles. The van der Waals surface area contributed by atoms with Crippen LogP contribution in [0, 0.1) is 0 Å². The van der Waals surface area contributed by atoms with Gasteiger partial charge in [-0.05, 0) is 18.6 Å². The van der Waals surface area contributed by atoms with Crippen molar-refractivity contribution in [3.63, 3.8) is 0 Å². The predicted molar refractivity (Wildman–Crippen MR) is 125 cm³/mol. The van der Waals surface area contributed by atoms with Gasteiger partial charge in [0.1, 0.15) is 18.0 Å². The summed E-state index contributed by atoms with van der Waals surface area (Å²) in [6, 6.07) is 6.78. The highest BCUT2D eigenvalue weighted by molar-refractivity contribution is 5.96. The molecule has 1 aliphatic carbocycles. The van der Waals surface area contributed by atoms with Gasteiger partial charge < -0.3 is 29.9 Å². The number of ether oxygens (including phenoxy) is 2. The van der Waals surface area contributed by atoms with Gasteiger partial charge in [-0.1, -0.05) is 25.1 Å². The molecule has 3 N–H and O–H groups in total. The zero-order chi connectivity index (χ0) is 24.1. The van der Waals surface area contributed by atoms with Gasteiger partial charge in [-0.25, -0.2) is 0 Å². The lowest BCUT2D eigenvalue weighted by atomic mass is 9.77. The molecule has 0 saturated carbocycles. The lowest BCUT2D eigenvalue weighted by Crippen LogP contribution is -2.57. The second kappa shape index (κ2) is 11.3. The summed E-state index contributed by atoms with van der Waals surface area (Å²) < 4.78 is 11.6. The standard InChI is InChI=1S/C25H35N3O6/c1-2-5-21(30)28(10-9-27-11-14-33-15-12-27)19-16-18(25(32)26-8-13-29)22-17-6-3-4-7-20(17)34-24(22)23(19)31/h3-4,6-7,16,19,22-24,29,31H,2,5,8-15H2,1H3,(H,26,32). The molecule has 186 valence electrons. The van der Waals surface area contributed by atoms with Crippen LogP contribution in [-0.2, 0) is 14.3 Å². The summed E-state index contributed by atoms with van der Waals surface area (Å²) in [6.45, 7) is 5.94. The van der Waals surface area contributed by atoms with Gasteiger partial charge in [0.05, 0.1) is 31.8 Å². The van der Waals surface area contributed by atoms with Crippen LogP contribution in [0.5, 0.6) is 5.75 Å². The van der Waals surface area contributed by atoms with Crippen LogP contribution in [0.1, 0.15) is 31.2 Å². The Morgan fingerprint density at radius 3 is 2.74 bits per heavy atom. The molecule has 1 saturated heterocycles. The first-order valence-corrected chi connectivity index (χ1v) is 12.2. The molecule has 1 aromatic rings. The van der Waals surface area contributed by atoms with Crippen LogP contribution in [0.2, 0.25) is 0 Å². The van der Waals surface area contributed by atoms with Crippen molar-refractivity contribution in [1.82, 2.24) is 15.1 Å². The number of aliphatic hydroxyl groups excluding tert-OH is 2. The van der Waals surface area contributed by atoms with Gasteiger partial charge in [0.2, 0.25) is 11.8 Å². The Kier molecular flexibility index (Phi) is 8.20. The highest BCUT2D eigenvalue weighted by atomic mass is 16.5. The van der Waals surface area contributed by atoms with Gasteiger partial charge in [-0.2, -0.15) is 0 Å². The van der Waals surface area contributed by atoms with Crippen molar-refractivity contribution in [2.75, 3.05) is 52.5 Å². The van der Waals surface area contributed by atoms with Gasteiger partial charge in [0.25, 0.3) is 0 Å². The molecule has 4 rings (SSSR count). The van der Waals surface area contributed by atoms with E-state index in [1.54, 1.807) is 11.0 Å². The molecule has 1 aromatic carbocycles. The maximum absolute atomic E-state index is 13.2. The monoisotopic (exact) mass is 473 g/mol. The van der Waals surface area contributed by atoms with Gasteiger partial charge >= 0.3 is 0 Å². The predicted octanol–water partition coefficient (Wildman–Crippen LogP) is 0.270. The van der Waals surface area contributed by atoms with Crippen LogP contribution >= 0.6 is 0 Å². The number of benzene rings is 1. The van der Waals surface area contributed by atoms with E-state index in [0.717, 1.165) is 18.7 Å². The van der Waals surface area contributed by atoms with E-state index in [-0.39, 0.29) is 25.0 Å². The molecule has 0 spiro atoms. The van der Waals surface area contributed by atoms with Crippen molar-refractivity contribution >= 4 is 11.8 Å². The SMILES string of the molecule is CCCC(=O)N(CCN1CCOCC1)C1C=C(C(=O)NCCO)C2c3ccccc3OC2C1O. The average molecular weight is 474 g/mol. The van der Waals surface area contributed by atoms with Crippen LogP contribution in [0.15, 0.2) is 35.9 Å². The molecular weight excluding hydrogens is 438 g/mol. The number of para-hydroxylation sites is 1. The maximum atomic E-state index is 13.2. The normalized spacial score (nSPS) is 26.1. The fourth-order valence-corrected chi connectivity index (χ4v) is 5.06. The zero-order valence-electron chi connectivity index (χ0n) is 19.7. The summed E-state index contributed by atoms with van der Waals surface area (Å²) in [7, 11) is 0. The summed E-state index contributed by atoms with van der Waals surface area (Å²) >= 11 is 0. The van der Waals surface area contributed by atoms with E-state index in [1.807, 2.05) is 31.2 Å². The van der Waals surface area contributed by atoms with E-state index < -0.39 is 24.2 Å². The molecule has 4 unspecified atom stereocenters. The molecule has 1 fully saturated rings. The van der Waals surface area contributed by atoms with E-state index in [4.69, 9.17) is 9.47 Å². The summed E-state index contributed by atoms with van der Waals surface area (Å²) in [5, 5.41) is 23.4. The minimum absolute atomic E-state index is 0.0554. The molecule has 3 aliphatic rings. The number of morpholine rings is 1. The second-order valence-electron chi connectivity index (χ2n) is 8.97. The topological polar surface area (TPSA) is 112 Å². The first-order chi connectivity index (χ1) is 16.5. The number of carbonyl (C=O) groups excluding carboxylic acids is 2. The maximum Gasteiger partial charge on any atom is 0.247 e. The van der Waals surface area contributed by atoms with Crippen LogP contribution in [0.4, 0.5) is 0 Å². The molecule has 0 radical (unpaired) electrons. The molecular formula is C25H35N3O6. The van der Waals surface area contributed by atoms with Crippen molar-refractivity contribution in [1.29, 1.82) is 0 Å². The van der Waals surface area contributed by atoms with Crippen molar-refractivity contribution < 1.29 is 29.3 Å². The second-order valence-corrected chi connectivity index (χ2v) is 8.97. The van der Waals surface area contributed by atoms with Crippen molar-refractivity contribution in [3.05, 3.63) is 41.5 Å². The van der Waals surface area contributed by atoms with Crippen molar-refractivity contribution in [2.45, 2.75) is 43.9 Å². The number of nitrogens with zero attached hydrogens (tertiary/aromatic N) is 2. The Morgan fingerprint density at radius 2 is 2.00 bits per heavy atom. The molecule has 2 amide bonds. The van der Waals surface area contributed by atoms with E-state index in [2.05, 4.69) is 10.2 Å². The van der Waals surface area contributed by atoms with Gasteiger partial charge in [0, 0.05) is 50.3 Å². The number of rotatable bonds is 9. The van der Waals surface area contributed by atoms with Crippen molar-refractivity contribution in [3.8, 4) is 5.75 Å². The lowest BCUT2D eigenvalue weighted by molar-refractivity contribution is -0.137. The van der Waals surface area contributed by atoms with Gasteiger partial charge in [0.15, 0.2) is 0 Å². The number of aliphatic hydroxyl groups is 2. The third-order valence-corrected chi connectivity index (χ3v) is 6.78. The number of hydrogen-bond donors (Lipinski definition) is 3. The number of fused-ring (bicyclic) bond motifs is 3. The van der Waals surface area contributed by atoms with E-state index in [0.29, 0.717) is 50.5 Å². The van der Waals surface area contributed by atoms with Crippen LogP contribution in [-0.4, -0.2) is 103 Å². The smallest absolute Gasteiger partial charge is 0.247 e. The molecule has 9 heteroatoms. The van der Waals surface area contributed by atoms with Crippen LogP contribution < -0.4 is 10.1 Å². The van der Waals surface area contributed by atoms with Gasteiger partial charge in [-0.15, -0.1) is 0 Å². The van der Waals surface area contributed by atoms with Gasteiger partial charge in [-0.3, -0.25) is 14.5 Å². The van der Waals surface area contributed by atoms with Crippen LogP contribution in [0.3, 0.4) is 0 Å². The van der Waals surface area contributed by atoms with E-state index >= 15 is 0 Å². The highest BCUT2D eigenvalue weighted by Crippen LogP contribution is 2.47. The third kappa shape index (κ3) is 5.12. The Morgan fingerprint density at radius 1 is 1.24 bits per heavy atom. The fraction of sp³-hybridized carbons (Fsp3) is 0.600. The Labute approximate surface area is 200 Å². The Balaban J connectivity index is 1.65. The molecule has 4 atom stereocenters. The van der Waals surface area contributed by atoms with E-state index in [1.165, 1.54) is 0 Å². The molecule has 0 bridgehead atoms. The quantitative estimate of drug-likeness (QED) is 0.472. The van der Waals surface area contributed by atoms with Crippen LogP contribution in [0.25, 0.3) is 0 Å². The van der Waals surface area contributed by atoms with E-state index in [9.17, 15) is 19.8 Å². The first kappa shape index (κ1) is 24.7. The molecule has 34 heavy (non-hydrogen) atoms. The summed E-state index contributed by atoms with van der Waals surface area (Å²) in [5.74, 6) is -0.182. The highest BCUT2D eigenvalue weighted by Gasteiger charge is 2.50. The number of amides is 2. The summed E-state index contributed by atoms with van der Waals surface area (Å²) in [5.41, 5.74) is 1.30. The number of nitrogens with one attached hydrogen (secondary N) is 1. The largest absolute Gasteiger partial charge is 0.486 e. The number of carbonyl (C=O) groups is 2. The molecule has 9 nitrogen and oxygen atoms in total. The van der Waals surface area contributed by atoms with Crippen molar-refractivity contribution in [2.24, 2.45) is 0 Å². The minimum Gasteiger partial charge on any atom is -0.486 e. The fourth-order valence-electron chi connectivity index (χ4n) is 5.06. The zero-order valence-corrected chi connectivity index (χ0v) is 19.7. The summed E-state index contributed by atoms with van der Waals surface area (Å²) in [4.78, 5) is 30.3. The summed E-state index contributed by atoms with van der Waals surface area (Å²) in [6.07, 6.45) is 1.12. The Bertz CT molecular complexity index is 900. The first-order valence-electron chi connectivity index (χ1n) is 12.2. The lowest BCUT2D eigenvalue weighted by Gasteiger charge is -2.41. The number of hydrogen-bond acceptors (Lipinski definition) is 7. The Hall–Kier alpha value is -2.46. The molecule has 2 heterocycles. The molecule has 0 aromatic heterocycles. The average Bonchev–Trinajstić information content (AvgIpc) is 3.25. The minimum atomic E-state index is -0.989.